The Bertz CT molecular complexity index is 1380. The lowest BCUT2D eigenvalue weighted by molar-refractivity contribution is -0.220. The average molecular weight is 899 g/mol. The zero-order chi connectivity index (χ0) is 45.9. The van der Waals surface area contributed by atoms with Gasteiger partial charge in [0.05, 0.1) is 12.7 Å². The zero-order valence-electron chi connectivity index (χ0n) is 37.2. The molecule has 1 saturated carbocycles. The van der Waals surface area contributed by atoms with Gasteiger partial charge in [0.15, 0.2) is 6.10 Å². The van der Waals surface area contributed by atoms with Crippen LogP contribution in [0.4, 0.5) is 0 Å². The number of hydrogen-bond donors (Lipinski definition) is 7. The van der Waals surface area contributed by atoms with E-state index < -0.39 is 81.8 Å². The molecule has 356 valence electrons. The summed E-state index contributed by atoms with van der Waals surface area (Å²) < 4.78 is 33.4. The Hall–Kier alpha value is -2.75. The minimum absolute atomic E-state index is 0.0180. The summed E-state index contributed by atoms with van der Waals surface area (Å²) in [6.07, 6.45) is 28.2. The van der Waals surface area contributed by atoms with Gasteiger partial charge in [-0.15, -0.1) is 0 Å². The van der Waals surface area contributed by atoms with E-state index >= 15 is 0 Å². The summed E-state index contributed by atoms with van der Waals surface area (Å²) in [4.78, 5) is 35.7. The molecule has 0 heterocycles. The van der Waals surface area contributed by atoms with Crippen molar-refractivity contribution in [1.82, 2.24) is 0 Å². The topological polar surface area (TPSA) is 230 Å². The Kier molecular flexibility index (Phi) is 33.8. The first-order valence-electron chi connectivity index (χ1n) is 22.8. The Labute approximate surface area is 370 Å². The summed E-state index contributed by atoms with van der Waals surface area (Å²) in [5.74, 6) is -1.21. The maximum atomic E-state index is 12.8. The molecule has 7 N–H and O–H groups in total. The highest BCUT2D eigenvalue weighted by Gasteiger charge is 2.51. The van der Waals surface area contributed by atoms with Crippen molar-refractivity contribution in [2.75, 3.05) is 13.2 Å². The van der Waals surface area contributed by atoms with E-state index in [0.29, 0.717) is 25.7 Å². The fourth-order valence-corrected chi connectivity index (χ4v) is 7.39. The largest absolute Gasteiger partial charge is 0.472 e. The SMILES string of the molecule is CC/C=C/C/C=C/C=C/C(O)CCCCCCCC(=O)O[C@H](COC(=O)CCCCCC/C=C\C/C=C\C/C=C\CCCCC)COP(=O)(O)OC1[C@H](O)[C@H](O)C(O)[C@H](O)[C@H]1O. The highest BCUT2D eigenvalue weighted by Crippen LogP contribution is 2.47. The van der Waals surface area contributed by atoms with E-state index in [1.54, 1.807) is 6.08 Å². The van der Waals surface area contributed by atoms with Crippen LogP contribution in [-0.4, -0.2) is 110 Å². The number of phosphoric acid groups is 1. The van der Waals surface area contributed by atoms with Crippen LogP contribution >= 0.6 is 7.82 Å². The zero-order valence-corrected chi connectivity index (χ0v) is 38.1. The van der Waals surface area contributed by atoms with Crippen LogP contribution in [0.3, 0.4) is 0 Å². The summed E-state index contributed by atoms with van der Waals surface area (Å²) in [7, 11) is -5.15. The van der Waals surface area contributed by atoms with Crippen molar-refractivity contribution in [2.24, 2.45) is 0 Å². The van der Waals surface area contributed by atoms with Gasteiger partial charge in [-0.3, -0.25) is 18.6 Å². The molecule has 0 aromatic rings. The van der Waals surface area contributed by atoms with Gasteiger partial charge in [-0.25, -0.2) is 4.57 Å². The van der Waals surface area contributed by atoms with Gasteiger partial charge in [-0.2, -0.15) is 0 Å². The van der Waals surface area contributed by atoms with Gasteiger partial charge in [0, 0.05) is 12.8 Å². The number of carbonyl (C=O) groups is 2. The molecule has 0 bridgehead atoms. The molecular weight excluding hydrogens is 819 g/mol. The normalized spacial score (nSPS) is 23.0. The molecule has 0 spiro atoms. The predicted octanol–water partition coefficient (Wildman–Crippen LogP) is 7.69. The van der Waals surface area contributed by atoms with Crippen molar-refractivity contribution < 1.29 is 68.2 Å². The highest BCUT2D eigenvalue weighted by atomic mass is 31.2. The molecule has 0 aromatic carbocycles. The Balaban J connectivity index is 2.53. The van der Waals surface area contributed by atoms with E-state index in [1.165, 1.54) is 19.3 Å². The van der Waals surface area contributed by atoms with Crippen LogP contribution in [0.25, 0.3) is 0 Å². The van der Waals surface area contributed by atoms with Gasteiger partial charge < -0.3 is 45.0 Å². The smallest absolute Gasteiger partial charge is 0.462 e. The third-order valence-corrected chi connectivity index (χ3v) is 11.1. The number of rotatable bonds is 36. The molecule has 9 atom stereocenters. The van der Waals surface area contributed by atoms with Crippen molar-refractivity contribution in [3.63, 3.8) is 0 Å². The molecule has 1 aliphatic rings. The van der Waals surface area contributed by atoms with Crippen molar-refractivity contribution in [1.29, 1.82) is 0 Å². The molecule has 0 amide bonds. The monoisotopic (exact) mass is 899 g/mol. The number of carbonyl (C=O) groups excluding carboxylic acids is 2. The van der Waals surface area contributed by atoms with E-state index in [-0.39, 0.29) is 12.8 Å². The van der Waals surface area contributed by atoms with Gasteiger partial charge in [0.2, 0.25) is 0 Å². The van der Waals surface area contributed by atoms with Crippen LogP contribution in [0.2, 0.25) is 0 Å². The lowest BCUT2D eigenvalue weighted by atomic mass is 9.85. The molecule has 0 aromatic heterocycles. The summed E-state index contributed by atoms with van der Waals surface area (Å²) in [6.45, 7) is 3.02. The van der Waals surface area contributed by atoms with Crippen LogP contribution in [0.5, 0.6) is 0 Å². The molecule has 1 fully saturated rings. The molecule has 15 heteroatoms. The first-order valence-corrected chi connectivity index (χ1v) is 24.3. The van der Waals surface area contributed by atoms with E-state index in [4.69, 9.17) is 18.5 Å². The second kappa shape index (κ2) is 36.6. The second-order valence-corrected chi connectivity index (χ2v) is 17.1. The van der Waals surface area contributed by atoms with Gasteiger partial charge >= 0.3 is 19.8 Å². The number of allylic oxidation sites excluding steroid dienone is 11. The maximum absolute atomic E-state index is 12.8. The minimum atomic E-state index is -5.15. The molecule has 0 saturated heterocycles. The number of phosphoric ester groups is 1. The third kappa shape index (κ3) is 28.8. The number of esters is 2. The molecule has 0 radical (unpaired) electrons. The minimum Gasteiger partial charge on any atom is -0.462 e. The van der Waals surface area contributed by atoms with E-state index in [1.807, 2.05) is 18.2 Å². The number of aliphatic hydroxyl groups excluding tert-OH is 6. The summed E-state index contributed by atoms with van der Waals surface area (Å²) in [5, 5.41) is 60.3. The van der Waals surface area contributed by atoms with Crippen LogP contribution < -0.4 is 0 Å². The van der Waals surface area contributed by atoms with Crippen LogP contribution in [0.15, 0.2) is 72.9 Å². The molecule has 62 heavy (non-hydrogen) atoms. The molecule has 1 aliphatic carbocycles. The number of unbranched alkanes of at least 4 members (excludes halogenated alkanes) is 11. The number of ether oxygens (including phenoxy) is 2. The quantitative estimate of drug-likeness (QED) is 0.0105. The van der Waals surface area contributed by atoms with Crippen LogP contribution in [0.1, 0.15) is 149 Å². The van der Waals surface area contributed by atoms with Crippen LogP contribution in [0, 0.1) is 0 Å². The van der Waals surface area contributed by atoms with Crippen molar-refractivity contribution >= 4 is 19.8 Å². The Morgan fingerprint density at radius 1 is 0.597 bits per heavy atom. The molecule has 1 rings (SSSR count). The number of hydrogen-bond acceptors (Lipinski definition) is 13. The molecular formula is C47H79O14P. The van der Waals surface area contributed by atoms with Gasteiger partial charge in [-0.1, -0.05) is 138 Å². The first-order chi connectivity index (χ1) is 29.8. The first kappa shape index (κ1) is 57.3. The fraction of sp³-hybridized carbons (Fsp3) is 0.702. The van der Waals surface area contributed by atoms with Crippen LogP contribution in [-0.2, 0) is 32.7 Å². The summed E-state index contributed by atoms with van der Waals surface area (Å²) in [6, 6.07) is 0. The average Bonchev–Trinajstić information content (AvgIpc) is 3.25. The standard InChI is InChI=1S/C47H79O14P/c1-3-5-7-9-11-12-13-14-15-16-17-18-19-20-22-26-30-34-40(49)58-36-39(37-59-62(56,57)61-47-45(54)43(52)42(51)44(53)46(47)55)60-41(50)35-31-27-23-25-29-33-38(48)32-28-24-21-10-8-6-4-2/h6,8,11-12,14-15,17-18,21,24,28,32,38-39,42-48,51-55H,3-5,7,9-10,13,16,19-20,22-23,25-27,29-31,33-37H2,1-2H3,(H,56,57)/b8-6+,12-11-,15-14-,18-17-,24-21+,32-28+/t38?,39-,42?,43-,44+,45-,46-,47?/m1/s1. The van der Waals surface area contributed by atoms with E-state index in [0.717, 1.165) is 77.0 Å². The van der Waals surface area contributed by atoms with E-state index in [9.17, 15) is 49.7 Å². The summed E-state index contributed by atoms with van der Waals surface area (Å²) >= 11 is 0. The van der Waals surface area contributed by atoms with Gasteiger partial charge in [0.25, 0.3) is 0 Å². The lowest BCUT2D eigenvalue weighted by Gasteiger charge is -2.41. The van der Waals surface area contributed by atoms with Crippen molar-refractivity contribution in [2.45, 2.75) is 198 Å². The Morgan fingerprint density at radius 2 is 1.11 bits per heavy atom. The van der Waals surface area contributed by atoms with Crippen molar-refractivity contribution in [3.8, 4) is 0 Å². The highest BCUT2D eigenvalue weighted by molar-refractivity contribution is 7.47. The van der Waals surface area contributed by atoms with Gasteiger partial charge in [0.1, 0.15) is 43.2 Å². The molecule has 14 nitrogen and oxygen atoms in total. The molecule has 0 aliphatic heterocycles. The maximum Gasteiger partial charge on any atom is 0.472 e. The second-order valence-electron chi connectivity index (χ2n) is 15.7. The van der Waals surface area contributed by atoms with E-state index in [2.05, 4.69) is 62.5 Å². The molecule has 4 unspecified atom stereocenters. The number of aliphatic hydroxyl groups is 6. The van der Waals surface area contributed by atoms with Crippen molar-refractivity contribution in [3.05, 3.63) is 72.9 Å². The fourth-order valence-electron chi connectivity index (χ4n) is 6.42. The third-order valence-electron chi connectivity index (χ3n) is 10.1. The lowest BCUT2D eigenvalue weighted by Crippen LogP contribution is -2.64. The summed E-state index contributed by atoms with van der Waals surface area (Å²) in [5.41, 5.74) is 0. The van der Waals surface area contributed by atoms with Gasteiger partial charge in [-0.05, 0) is 70.6 Å². The Morgan fingerprint density at radius 3 is 1.74 bits per heavy atom. The predicted molar refractivity (Wildman–Crippen MR) is 241 cm³/mol.